The highest BCUT2D eigenvalue weighted by Gasteiger charge is 2.20. The summed E-state index contributed by atoms with van der Waals surface area (Å²) in [7, 11) is 0. The number of aromatic amines is 1. The molecule has 2 aromatic carbocycles. The third-order valence-electron chi connectivity index (χ3n) is 4.90. The first kappa shape index (κ1) is 20.3. The largest absolute Gasteiger partial charge is 0.475 e. The number of rotatable bonds is 8. The second kappa shape index (κ2) is 8.78. The highest BCUT2D eigenvalue weighted by molar-refractivity contribution is 5.85. The maximum absolute atomic E-state index is 11.3. The number of carbonyl (C=O) groups is 1. The molecule has 0 atom stereocenters. The Bertz CT molecular complexity index is 1170. The van der Waals surface area contributed by atoms with E-state index in [-0.39, 0.29) is 5.76 Å². The molecular formula is C22H22N6O3. The average Bonchev–Trinajstić information content (AvgIpc) is 3.44. The van der Waals surface area contributed by atoms with Crippen molar-refractivity contribution in [3.8, 4) is 22.5 Å². The zero-order valence-electron chi connectivity index (χ0n) is 17.2. The van der Waals surface area contributed by atoms with Crippen LogP contribution in [0.2, 0.25) is 0 Å². The van der Waals surface area contributed by atoms with Gasteiger partial charge in [-0.3, -0.25) is 0 Å². The first-order valence-corrected chi connectivity index (χ1v) is 9.94. The molecule has 4 aromatic rings. The molecule has 0 radical (unpaired) electrons. The van der Waals surface area contributed by atoms with Crippen LogP contribution in [0, 0.1) is 6.92 Å². The number of tetrazole rings is 1. The van der Waals surface area contributed by atoms with E-state index >= 15 is 0 Å². The summed E-state index contributed by atoms with van der Waals surface area (Å²) < 4.78 is 5.51. The number of carboxylic acids is 1. The third kappa shape index (κ3) is 4.30. The molecule has 0 unspecified atom stereocenters. The summed E-state index contributed by atoms with van der Waals surface area (Å²) in [5.74, 6) is -0.691. The highest BCUT2D eigenvalue weighted by atomic mass is 16.4. The quantitative estimate of drug-likeness (QED) is 0.441. The van der Waals surface area contributed by atoms with Crippen molar-refractivity contribution in [1.29, 1.82) is 0 Å². The summed E-state index contributed by atoms with van der Waals surface area (Å²) in [6.45, 7) is 4.94. The first-order chi connectivity index (χ1) is 15.1. The van der Waals surface area contributed by atoms with E-state index in [1.54, 1.807) is 6.92 Å². The van der Waals surface area contributed by atoms with Crippen LogP contribution in [0.5, 0.6) is 0 Å². The summed E-state index contributed by atoms with van der Waals surface area (Å²) >= 11 is 0. The van der Waals surface area contributed by atoms with Crippen molar-refractivity contribution in [3.63, 3.8) is 0 Å². The van der Waals surface area contributed by atoms with Crippen LogP contribution in [0.15, 0.2) is 52.9 Å². The molecule has 0 saturated carbocycles. The van der Waals surface area contributed by atoms with Crippen LogP contribution in [-0.2, 0) is 6.54 Å². The Hall–Kier alpha value is -4.01. The Morgan fingerprint density at radius 1 is 1.13 bits per heavy atom. The van der Waals surface area contributed by atoms with Crippen molar-refractivity contribution in [1.82, 2.24) is 25.6 Å². The van der Waals surface area contributed by atoms with Crippen LogP contribution in [-0.4, -0.2) is 43.2 Å². The van der Waals surface area contributed by atoms with Gasteiger partial charge in [0.05, 0.1) is 5.69 Å². The minimum Gasteiger partial charge on any atom is -0.475 e. The molecule has 0 bridgehead atoms. The van der Waals surface area contributed by atoms with Crippen molar-refractivity contribution < 1.29 is 14.3 Å². The molecule has 0 saturated heterocycles. The number of anilines is 1. The molecular weight excluding hydrogens is 396 g/mol. The van der Waals surface area contributed by atoms with Gasteiger partial charge in [-0.2, -0.15) is 10.2 Å². The minimum absolute atomic E-state index is 0.121. The third-order valence-corrected chi connectivity index (χ3v) is 4.90. The Balaban J connectivity index is 1.58. The van der Waals surface area contributed by atoms with E-state index < -0.39 is 5.97 Å². The molecule has 0 aliphatic carbocycles. The molecule has 0 amide bonds. The lowest BCUT2D eigenvalue weighted by Crippen LogP contribution is -2.23. The van der Waals surface area contributed by atoms with Crippen LogP contribution in [0.25, 0.3) is 22.5 Å². The number of hydrogen-bond donors (Lipinski definition) is 2. The number of aromatic nitrogens is 5. The molecule has 9 nitrogen and oxygen atoms in total. The van der Waals surface area contributed by atoms with Gasteiger partial charge in [0.2, 0.25) is 11.6 Å². The Kier molecular flexibility index (Phi) is 5.74. The minimum atomic E-state index is -1.11. The molecule has 31 heavy (non-hydrogen) atoms. The zero-order chi connectivity index (χ0) is 21.8. The van der Waals surface area contributed by atoms with Gasteiger partial charge in [0.15, 0.2) is 0 Å². The fraction of sp³-hybridized carbons (Fsp3) is 0.227. The summed E-state index contributed by atoms with van der Waals surface area (Å²) in [5.41, 5.74) is 4.37. The lowest BCUT2D eigenvalue weighted by Gasteiger charge is -2.20. The molecule has 9 heteroatoms. The summed E-state index contributed by atoms with van der Waals surface area (Å²) in [6, 6.07) is 16.4. The molecule has 2 heterocycles. The Labute approximate surface area is 178 Å². The van der Waals surface area contributed by atoms with Crippen molar-refractivity contribution >= 4 is 12.0 Å². The van der Waals surface area contributed by atoms with Gasteiger partial charge in [-0.05, 0) is 35.2 Å². The van der Waals surface area contributed by atoms with E-state index in [1.807, 2.05) is 53.4 Å². The fourth-order valence-corrected chi connectivity index (χ4v) is 3.44. The first-order valence-electron chi connectivity index (χ1n) is 9.94. The zero-order valence-corrected chi connectivity index (χ0v) is 17.2. The molecule has 2 N–H and O–H groups in total. The van der Waals surface area contributed by atoms with Gasteiger partial charge < -0.3 is 14.4 Å². The molecule has 2 aromatic heterocycles. The van der Waals surface area contributed by atoms with E-state index in [4.69, 9.17) is 4.42 Å². The number of aromatic carboxylic acids is 1. The second-order valence-electron chi connectivity index (χ2n) is 7.12. The van der Waals surface area contributed by atoms with Crippen molar-refractivity contribution in [3.05, 3.63) is 65.5 Å². The SMILES string of the molecule is CCCN(Cc1ccc(-c2ccccc2-c2nn[nH]n2)cc1)c1nc(C)c(C(=O)O)o1. The van der Waals surface area contributed by atoms with Crippen molar-refractivity contribution in [2.75, 3.05) is 11.4 Å². The number of aryl methyl sites for hydroxylation is 1. The number of H-pyrrole nitrogens is 1. The van der Waals surface area contributed by atoms with Crippen LogP contribution in [0.1, 0.15) is 35.2 Å². The predicted molar refractivity (Wildman–Crippen MR) is 115 cm³/mol. The molecule has 158 valence electrons. The van der Waals surface area contributed by atoms with Gasteiger partial charge in [-0.1, -0.05) is 55.5 Å². The second-order valence-corrected chi connectivity index (χ2v) is 7.12. The van der Waals surface area contributed by atoms with E-state index in [9.17, 15) is 9.90 Å². The lowest BCUT2D eigenvalue weighted by atomic mass is 9.98. The smallest absolute Gasteiger partial charge is 0.373 e. The Morgan fingerprint density at radius 3 is 2.48 bits per heavy atom. The van der Waals surface area contributed by atoms with Gasteiger partial charge >= 0.3 is 5.97 Å². The van der Waals surface area contributed by atoms with Gasteiger partial charge in [-0.15, -0.1) is 10.2 Å². The number of hydrogen-bond acceptors (Lipinski definition) is 7. The van der Waals surface area contributed by atoms with Gasteiger partial charge in [0, 0.05) is 18.7 Å². The van der Waals surface area contributed by atoms with E-state index in [2.05, 4.69) is 32.5 Å². The molecule has 0 spiro atoms. The number of oxazole rings is 1. The topological polar surface area (TPSA) is 121 Å². The lowest BCUT2D eigenvalue weighted by molar-refractivity contribution is 0.0662. The van der Waals surface area contributed by atoms with Crippen LogP contribution in [0.4, 0.5) is 6.01 Å². The van der Waals surface area contributed by atoms with Crippen LogP contribution in [0.3, 0.4) is 0 Å². The van der Waals surface area contributed by atoms with Crippen molar-refractivity contribution in [2.45, 2.75) is 26.8 Å². The van der Waals surface area contributed by atoms with Gasteiger partial charge in [-0.25, -0.2) is 4.79 Å². The molecule has 4 rings (SSSR count). The number of benzene rings is 2. The average molecular weight is 418 g/mol. The highest BCUT2D eigenvalue weighted by Crippen LogP contribution is 2.30. The van der Waals surface area contributed by atoms with Gasteiger partial charge in [0.25, 0.3) is 6.01 Å². The number of carboxylic acid groups (broad SMARTS) is 1. The van der Waals surface area contributed by atoms with E-state index in [0.717, 1.165) is 28.7 Å². The molecule has 0 fully saturated rings. The Morgan fingerprint density at radius 2 is 1.87 bits per heavy atom. The molecule has 0 aliphatic heterocycles. The molecule has 0 aliphatic rings. The fourth-order valence-electron chi connectivity index (χ4n) is 3.44. The summed E-state index contributed by atoms with van der Waals surface area (Å²) in [5, 5.41) is 23.6. The number of nitrogens with one attached hydrogen (secondary N) is 1. The monoisotopic (exact) mass is 418 g/mol. The summed E-state index contributed by atoms with van der Waals surface area (Å²) in [6.07, 6.45) is 0.875. The summed E-state index contributed by atoms with van der Waals surface area (Å²) in [4.78, 5) is 17.5. The van der Waals surface area contributed by atoms with Crippen molar-refractivity contribution in [2.24, 2.45) is 0 Å². The van der Waals surface area contributed by atoms with E-state index in [0.29, 0.717) is 30.6 Å². The number of nitrogens with zero attached hydrogens (tertiary/aromatic N) is 5. The standard InChI is InChI=1S/C22H22N6O3/c1-3-12-28(22-23-14(2)19(31-22)21(29)30)13-15-8-10-16(11-9-15)17-6-4-5-7-18(17)20-24-26-27-25-20/h4-11H,3,12-13H2,1-2H3,(H,29,30)(H,24,25,26,27). The van der Waals surface area contributed by atoms with Gasteiger partial charge in [0.1, 0.15) is 0 Å². The maximum Gasteiger partial charge on any atom is 0.373 e. The van der Waals surface area contributed by atoms with Crippen LogP contribution < -0.4 is 4.90 Å². The normalized spacial score (nSPS) is 10.9. The maximum atomic E-state index is 11.3. The van der Waals surface area contributed by atoms with Crippen LogP contribution >= 0.6 is 0 Å². The predicted octanol–water partition coefficient (Wildman–Crippen LogP) is 3.94. The van der Waals surface area contributed by atoms with E-state index in [1.165, 1.54) is 0 Å².